The van der Waals surface area contributed by atoms with E-state index in [0.717, 1.165) is 59.0 Å². The van der Waals surface area contributed by atoms with Gasteiger partial charge in [0, 0.05) is 26.2 Å². The lowest BCUT2D eigenvalue weighted by Gasteiger charge is -2.27. The van der Waals surface area contributed by atoms with Crippen molar-refractivity contribution in [3.63, 3.8) is 0 Å². The number of benzene rings is 1. The number of thiazole rings is 1. The van der Waals surface area contributed by atoms with Gasteiger partial charge in [0.05, 0.1) is 33.2 Å². The molecule has 1 amide bonds. The van der Waals surface area contributed by atoms with E-state index < -0.39 is 0 Å². The van der Waals surface area contributed by atoms with Gasteiger partial charge in [-0.2, -0.15) is 0 Å². The van der Waals surface area contributed by atoms with Crippen LogP contribution in [0.5, 0.6) is 5.75 Å². The van der Waals surface area contributed by atoms with Crippen LogP contribution in [0.4, 0.5) is 5.13 Å². The van der Waals surface area contributed by atoms with Crippen molar-refractivity contribution in [3.05, 3.63) is 39.0 Å². The van der Waals surface area contributed by atoms with Gasteiger partial charge in [0.2, 0.25) is 0 Å². The summed E-state index contributed by atoms with van der Waals surface area (Å²) in [6.45, 7) is 7.56. The van der Waals surface area contributed by atoms with E-state index in [-0.39, 0.29) is 5.91 Å². The Kier molecular flexibility index (Phi) is 7.37. The summed E-state index contributed by atoms with van der Waals surface area (Å²) in [5.41, 5.74) is 0.817. The number of rotatable bonds is 8. The molecule has 0 unspecified atom stereocenters. The van der Waals surface area contributed by atoms with Crippen LogP contribution in [0.3, 0.4) is 0 Å². The van der Waals surface area contributed by atoms with Gasteiger partial charge in [0.25, 0.3) is 5.91 Å². The van der Waals surface area contributed by atoms with Crippen LogP contribution in [0.15, 0.2) is 34.1 Å². The van der Waals surface area contributed by atoms with E-state index in [1.54, 1.807) is 0 Å². The van der Waals surface area contributed by atoms with Crippen molar-refractivity contribution in [3.8, 4) is 5.75 Å². The van der Waals surface area contributed by atoms with Gasteiger partial charge in [-0.25, -0.2) is 4.98 Å². The van der Waals surface area contributed by atoms with Crippen molar-refractivity contribution in [2.24, 2.45) is 0 Å². The Bertz CT molecular complexity index is 1000. The molecular formula is C21H24BrN3O3S2. The van der Waals surface area contributed by atoms with Crippen molar-refractivity contribution in [1.29, 1.82) is 0 Å². The molecule has 1 fully saturated rings. The molecule has 0 aliphatic carbocycles. The number of anilines is 1. The zero-order chi connectivity index (χ0) is 20.9. The fraction of sp³-hybridized carbons (Fsp3) is 0.429. The normalized spacial score (nSPS) is 14.9. The molecule has 2 aromatic heterocycles. The molecule has 1 aromatic carbocycles. The van der Waals surface area contributed by atoms with Gasteiger partial charge in [-0.1, -0.05) is 17.4 Å². The number of carbonyl (C=O) groups excluding carboxylic acids is 1. The minimum atomic E-state index is -0.00954. The minimum absolute atomic E-state index is 0.00954. The third-order valence-electron chi connectivity index (χ3n) is 4.89. The average molecular weight is 510 g/mol. The second-order valence-electron chi connectivity index (χ2n) is 6.90. The number of amides is 1. The first-order valence-electron chi connectivity index (χ1n) is 10.1. The fourth-order valence-electron chi connectivity index (χ4n) is 3.42. The van der Waals surface area contributed by atoms with E-state index in [1.807, 2.05) is 42.2 Å². The van der Waals surface area contributed by atoms with Crippen LogP contribution >= 0.6 is 38.6 Å². The van der Waals surface area contributed by atoms with Crippen LogP contribution in [-0.2, 0) is 4.74 Å². The molecule has 3 aromatic rings. The standard InChI is InChI=1S/C21H24BrN3O3S2/c1-2-28-15-5-3-6-16-19(15)23-21(30-16)25(20(26)17-7-8-18(22)29-17)10-4-9-24-11-13-27-14-12-24/h3,5-8H,2,4,9-14H2,1H3. The van der Waals surface area contributed by atoms with Gasteiger partial charge in [-0.15, -0.1) is 11.3 Å². The van der Waals surface area contributed by atoms with Crippen molar-refractivity contribution in [2.75, 3.05) is 50.9 Å². The lowest BCUT2D eigenvalue weighted by atomic mass is 10.3. The lowest BCUT2D eigenvalue weighted by Crippen LogP contribution is -2.39. The topological polar surface area (TPSA) is 54.9 Å². The van der Waals surface area contributed by atoms with Crippen LogP contribution in [0.1, 0.15) is 23.0 Å². The van der Waals surface area contributed by atoms with E-state index in [1.165, 1.54) is 22.7 Å². The summed E-state index contributed by atoms with van der Waals surface area (Å²) in [6.07, 6.45) is 0.881. The molecule has 0 N–H and O–H groups in total. The molecular weight excluding hydrogens is 486 g/mol. The Morgan fingerprint density at radius 3 is 2.83 bits per heavy atom. The second kappa shape index (κ2) is 10.2. The molecule has 4 rings (SSSR count). The summed E-state index contributed by atoms with van der Waals surface area (Å²) in [4.78, 5) is 23.1. The lowest BCUT2D eigenvalue weighted by molar-refractivity contribution is 0.0376. The first kappa shape index (κ1) is 21.7. The maximum Gasteiger partial charge on any atom is 0.270 e. The monoisotopic (exact) mass is 509 g/mol. The molecule has 1 aliphatic heterocycles. The van der Waals surface area contributed by atoms with Crippen LogP contribution in [0, 0.1) is 0 Å². The van der Waals surface area contributed by atoms with Crippen LogP contribution in [0.25, 0.3) is 10.2 Å². The third kappa shape index (κ3) is 5.03. The Balaban J connectivity index is 1.58. The van der Waals surface area contributed by atoms with Crippen molar-refractivity contribution in [1.82, 2.24) is 9.88 Å². The molecule has 9 heteroatoms. The first-order valence-corrected chi connectivity index (χ1v) is 12.5. The highest BCUT2D eigenvalue weighted by Gasteiger charge is 2.24. The number of para-hydroxylation sites is 1. The number of nitrogens with zero attached hydrogens (tertiary/aromatic N) is 3. The Hall–Kier alpha value is -1.52. The van der Waals surface area contributed by atoms with Gasteiger partial charge in [-0.3, -0.25) is 14.6 Å². The predicted molar refractivity (Wildman–Crippen MR) is 126 cm³/mol. The van der Waals surface area contributed by atoms with E-state index in [9.17, 15) is 4.79 Å². The summed E-state index contributed by atoms with van der Waals surface area (Å²) in [7, 11) is 0. The molecule has 3 heterocycles. The number of aromatic nitrogens is 1. The van der Waals surface area contributed by atoms with Gasteiger partial charge >= 0.3 is 0 Å². The molecule has 1 saturated heterocycles. The summed E-state index contributed by atoms with van der Waals surface area (Å²) in [5, 5.41) is 0.716. The highest BCUT2D eigenvalue weighted by Crippen LogP contribution is 2.35. The Morgan fingerprint density at radius 1 is 1.27 bits per heavy atom. The number of morpholine rings is 1. The number of carbonyl (C=O) groups is 1. The molecule has 0 atom stereocenters. The van der Waals surface area contributed by atoms with E-state index in [2.05, 4.69) is 20.8 Å². The van der Waals surface area contributed by atoms with Crippen molar-refractivity contribution < 1.29 is 14.3 Å². The number of fused-ring (bicyclic) bond motifs is 1. The van der Waals surface area contributed by atoms with Gasteiger partial charge in [-0.05, 0) is 53.5 Å². The highest BCUT2D eigenvalue weighted by molar-refractivity contribution is 9.11. The molecule has 6 nitrogen and oxygen atoms in total. The summed E-state index contributed by atoms with van der Waals surface area (Å²) in [5.74, 6) is 0.752. The van der Waals surface area contributed by atoms with Crippen molar-refractivity contribution >= 4 is 59.9 Å². The number of hydrogen-bond acceptors (Lipinski definition) is 7. The van der Waals surface area contributed by atoms with Gasteiger partial charge in [0.1, 0.15) is 11.3 Å². The fourth-order valence-corrected chi connectivity index (χ4v) is 5.77. The second-order valence-corrected chi connectivity index (χ2v) is 10.4. The van der Waals surface area contributed by atoms with Crippen LogP contribution in [0.2, 0.25) is 0 Å². The molecule has 1 aliphatic rings. The number of thiophene rings is 1. The summed E-state index contributed by atoms with van der Waals surface area (Å²) >= 11 is 6.45. The van der Waals surface area contributed by atoms with Crippen LogP contribution in [-0.4, -0.2) is 61.8 Å². The molecule has 0 radical (unpaired) electrons. The largest absolute Gasteiger partial charge is 0.492 e. The molecule has 0 bridgehead atoms. The Labute approximate surface area is 192 Å². The number of ether oxygens (including phenoxy) is 2. The number of hydrogen-bond donors (Lipinski definition) is 0. The van der Waals surface area contributed by atoms with Crippen molar-refractivity contribution in [2.45, 2.75) is 13.3 Å². The van der Waals surface area contributed by atoms with Crippen LogP contribution < -0.4 is 9.64 Å². The van der Waals surface area contributed by atoms with E-state index in [0.29, 0.717) is 23.2 Å². The molecule has 30 heavy (non-hydrogen) atoms. The first-order chi connectivity index (χ1) is 14.7. The quantitative estimate of drug-likeness (QED) is 0.432. The maximum absolute atomic E-state index is 13.3. The van der Waals surface area contributed by atoms with E-state index >= 15 is 0 Å². The van der Waals surface area contributed by atoms with Gasteiger partial charge < -0.3 is 9.47 Å². The summed E-state index contributed by atoms with van der Waals surface area (Å²) in [6, 6.07) is 9.70. The minimum Gasteiger partial charge on any atom is -0.492 e. The van der Waals surface area contributed by atoms with Gasteiger partial charge in [0.15, 0.2) is 5.13 Å². The molecule has 160 valence electrons. The highest BCUT2D eigenvalue weighted by atomic mass is 79.9. The summed E-state index contributed by atoms with van der Waals surface area (Å²) < 4.78 is 13.1. The maximum atomic E-state index is 13.3. The predicted octanol–water partition coefficient (Wildman–Crippen LogP) is 4.89. The Morgan fingerprint density at radius 2 is 2.10 bits per heavy atom. The molecule has 0 saturated carbocycles. The smallest absolute Gasteiger partial charge is 0.270 e. The average Bonchev–Trinajstić information content (AvgIpc) is 3.38. The van der Waals surface area contributed by atoms with E-state index in [4.69, 9.17) is 14.5 Å². The third-order valence-corrected chi connectivity index (χ3v) is 7.55. The molecule has 0 spiro atoms. The number of halogens is 1. The SMILES string of the molecule is CCOc1cccc2sc(N(CCCN3CCOCC3)C(=O)c3ccc(Br)s3)nc12. The zero-order valence-corrected chi connectivity index (χ0v) is 20.0. The zero-order valence-electron chi connectivity index (χ0n) is 16.8.